The van der Waals surface area contributed by atoms with Gasteiger partial charge in [0.1, 0.15) is 0 Å². The van der Waals surface area contributed by atoms with Gasteiger partial charge in [0.15, 0.2) is 0 Å². The van der Waals surface area contributed by atoms with Gasteiger partial charge in [0, 0.05) is 6.08 Å². The fraction of sp³-hybridized carbons (Fsp3) is 0. The van der Waals surface area contributed by atoms with Crippen molar-refractivity contribution in [3.8, 4) is 0 Å². The van der Waals surface area contributed by atoms with Gasteiger partial charge in [-0.05, 0) is 22.4 Å². The first-order valence-electron chi connectivity index (χ1n) is 4.27. The predicted octanol–water partition coefficient (Wildman–Crippen LogP) is 4.08. The van der Waals surface area contributed by atoms with Gasteiger partial charge in [0.25, 0.3) is 6.08 Å². The van der Waals surface area contributed by atoms with Gasteiger partial charge in [-0.3, -0.25) is 0 Å². The molecule has 0 nitrogen and oxygen atoms in total. The average Bonchev–Trinajstić information content (AvgIpc) is 2.17. The van der Waals surface area contributed by atoms with E-state index >= 15 is 0 Å². The molecular formula is C12H8F2. The van der Waals surface area contributed by atoms with Crippen molar-refractivity contribution in [2.45, 2.75) is 0 Å². The highest BCUT2D eigenvalue weighted by Crippen LogP contribution is 2.17. The smallest absolute Gasteiger partial charge is 0.173 e. The van der Waals surface area contributed by atoms with E-state index < -0.39 is 6.08 Å². The summed E-state index contributed by atoms with van der Waals surface area (Å²) in [4.78, 5) is 0. The summed E-state index contributed by atoms with van der Waals surface area (Å²) in [6, 6.07) is 12.9. The topological polar surface area (TPSA) is 0 Å². The normalized spacial score (nSPS) is 10.1. The van der Waals surface area contributed by atoms with Crippen molar-refractivity contribution in [3.05, 3.63) is 54.1 Å². The maximum absolute atomic E-state index is 12.0. The van der Waals surface area contributed by atoms with Gasteiger partial charge in [-0.2, -0.15) is 8.78 Å². The number of hydrogen-bond donors (Lipinski definition) is 0. The molecule has 70 valence electrons. The quantitative estimate of drug-likeness (QED) is 0.635. The molecule has 0 aliphatic carbocycles. The molecule has 0 aliphatic rings. The summed E-state index contributed by atoms with van der Waals surface area (Å²) in [5, 5.41) is 2.03. The van der Waals surface area contributed by atoms with E-state index in [2.05, 4.69) is 0 Å². The fourth-order valence-corrected chi connectivity index (χ4v) is 1.42. The second-order valence-corrected chi connectivity index (χ2v) is 3.04. The van der Waals surface area contributed by atoms with Crippen molar-refractivity contribution in [2.75, 3.05) is 0 Å². The first-order chi connectivity index (χ1) is 6.75. The molecule has 0 atom stereocenters. The number of benzene rings is 2. The minimum Gasteiger partial charge on any atom is -0.173 e. The van der Waals surface area contributed by atoms with Crippen LogP contribution in [0.1, 0.15) is 5.56 Å². The van der Waals surface area contributed by atoms with E-state index in [1.165, 1.54) is 0 Å². The van der Waals surface area contributed by atoms with E-state index in [4.69, 9.17) is 0 Å². The van der Waals surface area contributed by atoms with Crippen LogP contribution in [0.5, 0.6) is 0 Å². The van der Waals surface area contributed by atoms with Crippen molar-refractivity contribution in [2.24, 2.45) is 0 Å². The molecule has 0 bridgehead atoms. The van der Waals surface area contributed by atoms with Crippen molar-refractivity contribution in [1.82, 2.24) is 0 Å². The van der Waals surface area contributed by atoms with Crippen molar-refractivity contribution in [1.29, 1.82) is 0 Å². The van der Waals surface area contributed by atoms with Crippen LogP contribution in [0.2, 0.25) is 0 Å². The highest BCUT2D eigenvalue weighted by Gasteiger charge is 1.95. The Morgan fingerprint density at radius 1 is 0.929 bits per heavy atom. The van der Waals surface area contributed by atoms with Crippen LogP contribution in [0.15, 0.2) is 48.5 Å². The van der Waals surface area contributed by atoms with Crippen LogP contribution in [0.25, 0.3) is 16.8 Å². The number of fused-ring (bicyclic) bond motifs is 1. The monoisotopic (exact) mass is 190 g/mol. The van der Waals surface area contributed by atoms with Crippen molar-refractivity contribution in [3.63, 3.8) is 0 Å². The maximum Gasteiger partial charge on any atom is 0.270 e. The molecule has 0 spiro atoms. The predicted molar refractivity (Wildman–Crippen MR) is 54.1 cm³/mol. The molecule has 14 heavy (non-hydrogen) atoms. The van der Waals surface area contributed by atoms with Gasteiger partial charge in [-0.1, -0.05) is 36.4 Å². The lowest BCUT2D eigenvalue weighted by Crippen LogP contribution is -1.75. The van der Waals surface area contributed by atoms with Gasteiger partial charge < -0.3 is 0 Å². The molecule has 0 amide bonds. The molecule has 0 saturated carbocycles. The molecule has 0 unspecified atom stereocenters. The Balaban J connectivity index is 2.57. The largest absolute Gasteiger partial charge is 0.270 e. The molecule has 0 N–H and O–H groups in total. The zero-order valence-electron chi connectivity index (χ0n) is 7.37. The summed E-state index contributed by atoms with van der Waals surface area (Å²) >= 11 is 0. The van der Waals surface area contributed by atoms with Gasteiger partial charge in [0.2, 0.25) is 0 Å². The van der Waals surface area contributed by atoms with Crippen LogP contribution in [0.3, 0.4) is 0 Å². The van der Waals surface area contributed by atoms with E-state index in [1.54, 1.807) is 12.1 Å². The SMILES string of the molecule is FC(F)=Cc1ccc2ccccc2c1. The standard InChI is InChI=1S/C12H8F2/c13-12(14)8-9-5-6-10-3-1-2-4-11(10)7-9/h1-8H. The van der Waals surface area contributed by atoms with E-state index in [0.717, 1.165) is 16.8 Å². The molecule has 0 heterocycles. The third kappa shape index (κ3) is 1.79. The Morgan fingerprint density at radius 3 is 2.36 bits per heavy atom. The van der Waals surface area contributed by atoms with Gasteiger partial charge in [-0.25, -0.2) is 0 Å². The molecule has 0 radical (unpaired) electrons. The van der Waals surface area contributed by atoms with E-state index in [-0.39, 0.29) is 0 Å². The van der Waals surface area contributed by atoms with E-state index in [0.29, 0.717) is 5.56 Å². The van der Waals surface area contributed by atoms with Gasteiger partial charge >= 0.3 is 0 Å². The summed E-state index contributed by atoms with van der Waals surface area (Å²) in [5.74, 6) is 0. The zero-order valence-corrected chi connectivity index (χ0v) is 7.37. The highest BCUT2D eigenvalue weighted by atomic mass is 19.3. The molecule has 0 aliphatic heterocycles. The first kappa shape index (κ1) is 8.88. The van der Waals surface area contributed by atoms with Gasteiger partial charge in [-0.15, -0.1) is 0 Å². The molecule has 0 fully saturated rings. The van der Waals surface area contributed by atoms with Crippen LogP contribution in [0, 0.1) is 0 Å². The number of halogens is 2. The Labute approximate surface area is 80.5 Å². The molecule has 0 aromatic heterocycles. The summed E-state index contributed by atoms with van der Waals surface area (Å²) in [5.41, 5.74) is 0.531. The second-order valence-electron chi connectivity index (χ2n) is 3.04. The molecule has 2 heteroatoms. The number of rotatable bonds is 1. The second kappa shape index (κ2) is 3.58. The Morgan fingerprint density at radius 2 is 1.64 bits per heavy atom. The van der Waals surface area contributed by atoms with E-state index in [9.17, 15) is 8.78 Å². The average molecular weight is 190 g/mol. The summed E-state index contributed by atoms with van der Waals surface area (Å²) in [6.45, 7) is 0. The van der Waals surface area contributed by atoms with Crippen LogP contribution in [0.4, 0.5) is 8.78 Å². The zero-order chi connectivity index (χ0) is 9.97. The van der Waals surface area contributed by atoms with Crippen molar-refractivity contribution < 1.29 is 8.78 Å². The molecule has 0 saturated heterocycles. The van der Waals surface area contributed by atoms with Crippen molar-refractivity contribution >= 4 is 16.8 Å². The van der Waals surface area contributed by atoms with Gasteiger partial charge in [0.05, 0.1) is 0 Å². The third-order valence-electron chi connectivity index (χ3n) is 2.05. The Bertz CT molecular complexity index is 482. The number of hydrogen-bond acceptors (Lipinski definition) is 0. The van der Waals surface area contributed by atoms with Crippen LogP contribution < -0.4 is 0 Å². The van der Waals surface area contributed by atoms with E-state index in [1.807, 2.05) is 30.3 Å². The Kier molecular flexibility index (Phi) is 2.27. The minimum absolute atomic E-state index is 0.531. The highest BCUT2D eigenvalue weighted by molar-refractivity contribution is 5.84. The summed E-state index contributed by atoms with van der Waals surface area (Å²) < 4.78 is 24.0. The molecule has 2 aromatic carbocycles. The van der Waals surface area contributed by atoms with Crippen LogP contribution in [-0.4, -0.2) is 0 Å². The summed E-state index contributed by atoms with van der Waals surface area (Å²) in [7, 11) is 0. The Hall–Kier alpha value is -1.70. The lowest BCUT2D eigenvalue weighted by Gasteiger charge is -1.98. The molecular weight excluding hydrogens is 182 g/mol. The maximum atomic E-state index is 12.0. The minimum atomic E-state index is -1.67. The van der Waals surface area contributed by atoms with Crippen LogP contribution >= 0.6 is 0 Å². The molecule has 2 rings (SSSR count). The first-order valence-corrected chi connectivity index (χ1v) is 4.27. The van der Waals surface area contributed by atoms with Crippen LogP contribution in [-0.2, 0) is 0 Å². The lowest BCUT2D eigenvalue weighted by atomic mass is 10.1. The summed E-state index contributed by atoms with van der Waals surface area (Å²) in [6.07, 6.45) is -0.799. The third-order valence-corrected chi connectivity index (χ3v) is 2.05. The molecule has 2 aromatic rings. The fourth-order valence-electron chi connectivity index (χ4n) is 1.42. The lowest BCUT2D eigenvalue weighted by molar-refractivity contribution is 0.429.